The lowest BCUT2D eigenvalue weighted by Gasteiger charge is -2.25. The van der Waals surface area contributed by atoms with E-state index in [0.717, 1.165) is 35.4 Å². The predicted octanol–water partition coefficient (Wildman–Crippen LogP) is 5.73. The molecule has 3 heterocycles. The lowest BCUT2D eigenvalue weighted by atomic mass is 10.1. The molecule has 0 radical (unpaired) electrons. The van der Waals surface area contributed by atoms with Gasteiger partial charge in [0.2, 0.25) is 5.91 Å². The Morgan fingerprint density at radius 3 is 2.76 bits per heavy atom. The van der Waals surface area contributed by atoms with E-state index in [2.05, 4.69) is 40.4 Å². The third kappa shape index (κ3) is 7.09. The van der Waals surface area contributed by atoms with Crippen LogP contribution in [0.5, 0.6) is 11.5 Å². The van der Waals surface area contributed by atoms with Crippen molar-refractivity contribution >= 4 is 56.1 Å². The molecule has 13 heteroatoms. The Bertz CT molecular complexity index is 1630. The van der Waals surface area contributed by atoms with Crippen molar-refractivity contribution in [2.24, 2.45) is 5.92 Å². The van der Waals surface area contributed by atoms with Gasteiger partial charge >= 0.3 is 12.0 Å². The van der Waals surface area contributed by atoms with Gasteiger partial charge in [0, 0.05) is 42.8 Å². The summed E-state index contributed by atoms with van der Waals surface area (Å²) in [6.07, 6.45) is 6.70. The number of amides is 3. The lowest BCUT2D eigenvalue weighted by molar-refractivity contribution is -0.143. The van der Waals surface area contributed by atoms with Gasteiger partial charge in [0.1, 0.15) is 33.8 Å². The standard InChI is InChI=1S/C32H38BrN5O6S/c1-18(2)23-17-45-29(35-23)22-15-25(20-10-11-24(43-4)26(33)27(20)34-22)44-14-12-21-28(39)37-32(30(40)41)16-19(32)9-7-5-6-8-13-38(3)31(42)36-21/h7,9-11,15,17-19,21H,5-6,8,12-14,16H2,1-4H3,(H,36,42)(H,37,39)(H,40,41)/b9-7-. The number of carbonyl (C=O) groups excluding carboxylic acids is 2. The smallest absolute Gasteiger partial charge is 0.330 e. The maximum Gasteiger partial charge on any atom is 0.330 e. The Morgan fingerprint density at radius 1 is 1.24 bits per heavy atom. The number of hydrogen-bond donors (Lipinski definition) is 3. The van der Waals surface area contributed by atoms with Gasteiger partial charge in [-0.3, -0.25) is 4.79 Å². The number of methoxy groups -OCH3 is 1. The molecule has 3 unspecified atom stereocenters. The van der Waals surface area contributed by atoms with E-state index in [4.69, 9.17) is 19.4 Å². The van der Waals surface area contributed by atoms with E-state index in [1.165, 1.54) is 16.2 Å². The number of urea groups is 1. The summed E-state index contributed by atoms with van der Waals surface area (Å²) in [5.74, 6) is -0.539. The van der Waals surface area contributed by atoms with Gasteiger partial charge in [-0.2, -0.15) is 0 Å². The molecule has 45 heavy (non-hydrogen) atoms. The molecule has 1 aromatic carbocycles. The SMILES string of the molecule is COc1ccc2c(OCCC3NC(=O)N(C)CCCC/C=C\C4CC4(C(=O)O)NC3=O)cc(-c3nc(C(C)C)cs3)nc2c1Br. The van der Waals surface area contributed by atoms with Gasteiger partial charge in [-0.25, -0.2) is 19.6 Å². The van der Waals surface area contributed by atoms with Crippen molar-refractivity contribution in [3.05, 3.63) is 45.9 Å². The van der Waals surface area contributed by atoms with E-state index in [1.807, 2.05) is 35.7 Å². The molecule has 2 aromatic heterocycles. The monoisotopic (exact) mass is 699 g/mol. The number of ether oxygens (including phenoxy) is 2. The molecule has 5 rings (SSSR count). The molecule has 3 aromatic rings. The van der Waals surface area contributed by atoms with Crippen LogP contribution in [0.2, 0.25) is 0 Å². The average Bonchev–Trinajstić information content (AvgIpc) is 3.47. The highest BCUT2D eigenvalue weighted by molar-refractivity contribution is 9.10. The number of fused-ring (bicyclic) bond motifs is 2. The van der Waals surface area contributed by atoms with Crippen molar-refractivity contribution in [2.75, 3.05) is 27.3 Å². The minimum absolute atomic E-state index is 0.0583. The molecule has 0 spiro atoms. The van der Waals surface area contributed by atoms with Gasteiger partial charge in [0.15, 0.2) is 0 Å². The quantitative estimate of drug-likeness (QED) is 0.253. The fourth-order valence-electron chi connectivity index (χ4n) is 5.32. The van der Waals surface area contributed by atoms with E-state index in [1.54, 1.807) is 14.2 Å². The molecular weight excluding hydrogens is 662 g/mol. The van der Waals surface area contributed by atoms with Gasteiger partial charge in [0.05, 0.1) is 29.4 Å². The summed E-state index contributed by atoms with van der Waals surface area (Å²) in [6.45, 7) is 4.76. The maximum absolute atomic E-state index is 13.5. The lowest BCUT2D eigenvalue weighted by Crippen LogP contribution is -2.55. The van der Waals surface area contributed by atoms with Crippen LogP contribution in [0.1, 0.15) is 57.6 Å². The summed E-state index contributed by atoms with van der Waals surface area (Å²) in [6, 6.07) is 4.07. The van der Waals surface area contributed by atoms with Crippen molar-refractivity contribution in [3.8, 4) is 22.2 Å². The van der Waals surface area contributed by atoms with Crippen LogP contribution in [0.3, 0.4) is 0 Å². The number of pyridine rings is 1. The van der Waals surface area contributed by atoms with Gasteiger partial charge in [-0.1, -0.05) is 26.0 Å². The van der Waals surface area contributed by atoms with Crippen molar-refractivity contribution < 1.29 is 29.0 Å². The molecule has 1 aliphatic heterocycles. The molecule has 2 aliphatic rings. The Hall–Kier alpha value is -3.71. The number of thiazole rings is 1. The number of nitrogens with zero attached hydrogens (tertiary/aromatic N) is 3. The molecule has 0 bridgehead atoms. The van der Waals surface area contributed by atoms with Gasteiger partial charge in [-0.15, -0.1) is 11.3 Å². The number of allylic oxidation sites excluding steroid dienone is 1. The highest BCUT2D eigenvalue weighted by atomic mass is 79.9. The van der Waals surface area contributed by atoms with Crippen molar-refractivity contribution in [1.82, 2.24) is 25.5 Å². The number of carbonyl (C=O) groups is 3. The average molecular weight is 701 g/mol. The van der Waals surface area contributed by atoms with Crippen LogP contribution >= 0.6 is 27.3 Å². The normalized spacial score (nSPS) is 23.1. The Morgan fingerprint density at radius 2 is 2.04 bits per heavy atom. The summed E-state index contributed by atoms with van der Waals surface area (Å²) in [7, 11) is 3.26. The zero-order chi connectivity index (χ0) is 32.3. The summed E-state index contributed by atoms with van der Waals surface area (Å²) in [5.41, 5.74) is 0.852. The second-order valence-corrected chi connectivity index (χ2v) is 13.4. The molecule has 1 fully saturated rings. The number of carboxylic acid groups (broad SMARTS) is 1. The van der Waals surface area contributed by atoms with Crippen molar-refractivity contribution in [3.63, 3.8) is 0 Å². The molecule has 3 atom stereocenters. The molecule has 1 aliphatic carbocycles. The third-order valence-corrected chi connectivity index (χ3v) is 9.90. The van der Waals surface area contributed by atoms with Crippen LogP contribution in [0.25, 0.3) is 21.6 Å². The molecule has 1 saturated carbocycles. The number of aliphatic carboxylic acids is 1. The van der Waals surface area contributed by atoms with E-state index >= 15 is 0 Å². The number of hydrogen-bond acceptors (Lipinski definition) is 8. The predicted molar refractivity (Wildman–Crippen MR) is 176 cm³/mol. The summed E-state index contributed by atoms with van der Waals surface area (Å²) in [5, 5.41) is 19.0. The van der Waals surface area contributed by atoms with Crippen molar-refractivity contribution in [2.45, 2.75) is 63.5 Å². The molecule has 0 saturated heterocycles. The minimum atomic E-state index is -1.38. The van der Waals surface area contributed by atoms with E-state index in [9.17, 15) is 19.5 Å². The first-order chi connectivity index (χ1) is 21.5. The van der Waals surface area contributed by atoms with Crippen LogP contribution < -0.4 is 20.1 Å². The molecule has 240 valence electrons. The molecule has 3 amide bonds. The maximum atomic E-state index is 13.5. The highest BCUT2D eigenvalue weighted by Crippen LogP contribution is 2.45. The van der Waals surface area contributed by atoms with Gasteiger partial charge in [0.25, 0.3) is 0 Å². The topological polar surface area (TPSA) is 143 Å². The largest absolute Gasteiger partial charge is 0.495 e. The second-order valence-electron chi connectivity index (χ2n) is 11.8. The van der Waals surface area contributed by atoms with E-state index in [0.29, 0.717) is 40.1 Å². The van der Waals surface area contributed by atoms with Crippen LogP contribution in [0.15, 0.2) is 40.2 Å². The number of halogens is 1. The van der Waals surface area contributed by atoms with Crippen LogP contribution in [-0.4, -0.2) is 76.8 Å². The zero-order valence-electron chi connectivity index (χ0n) is 25.8. The van der Waals surface area contributed by atoms with Crippen LogP contribution in [0, 0.1) is 5.92 Å². The van der Waals surface area contributed by atoms with Gasteiger partial charge in [-0.05, 0) is 59.7 Å². The zero-order valence-corrected chi connectivity index (χ0v) is 28.2. The van der Waals surface area contributed by atoms with E-state index in [-0.39, 0.29) is 24.9 Å². The highest BCUT2D eigenvalue weighted by Gasteiger charge is 2.60. The third-order valence-electron chi connectivity index (χ3n) is 8.25. The molecule has 3 N–H and O–H groups in total. The number of benzene rings is 1. The number of nitrogens with one attached hydrogen (secondary N) is 2. The Labute approximate surface area is 274 Å². The summed E-state index contributed by atoms with van der Waals surface area (Å²) >= 11 is 5.12. The van der Waals surface area contributed by atoms with Crippen LogP contribution in [0.4, 0.5) is 4.79 Å². The number of aromatic nitrogens is 2. The Kier molecular flexibility index (Phi) is 9.97. The fourth-order valence-corrected chi connectivity index (χ4v) is 6.86. The molecular formula is C32H38BrN5O6S. The first-order valence-corrected chi connectivity index (χ1v) is 16.7. The number of carboxylic acids is 1. The van der Waals surface area contributed by atoms with Gasteiger partial charge < -0.3 is 30.1 Å². The fraction of sp³-hybridized carbons (Fsp3) is 0.469. The molecule has 11 nitrogen and oxygen atoms in total. The summed E-state index contributed by atoms with van der Waals surface area (Å²) < 4.78 is 12.5. The first kappa shape index (κ1) is 32.7. The van der Waals surface area contributed by atoms with E-state index < -0.39 is 29.5 Å². The van der Waals surface area contributed by atoms with Crippen molar-refractivity contribution in [1.29, 1.82) is 0 Å². The Balaban J connectivity index is 1.42. The summed E-state index contributed by atoms with van der Waals surface area (Å²) in [4.78, 5) is 50.0. The van der Waals surface area contributed by atoms with Crippen LogP contribution in [-0.2, 0) is 9.59 Å². The second kappa shape index (κ2) is 13.7. The first-order valence-electron chi connectivity index (χ1n) is 15.0. The minimum Gasteiger partial charge on any atom is -0.495 e. The number of rotatable bonds is 8.